The molecule has 0 radical (unpaired) electrons. The average molecular weight is 422 g/mol. The van der Waals surface area contributed by atoms with Gasteiger partial charge in [-0.3, -0.25) is 24.7 Å². The summed E-state index contributed by atoms with van der Waals surface area (Å²) in [7, 11) is 0. The predicted molar refractivity (Wildman–Crippen MR) is 105 cm³/mol. The van der Waals surface area contributed by atoms with Gasteiger partial charge in [-0.1, -0.05) is 18.7 Å². The number of nitro benzene ring substituents is 1. The maximum Gasteiger partial charge on any atom is 0.342 e. The summed E-state index contributed by atoms with van der Waals surface area (Å²) in [5.41, 5.74) is 1.00. The van der Waals surface area contributed by atoms with Crippen LogP contribution in [0.25, 0.3) is 0 Å². The van der Waals surface area contributed by atoms with Crippen molar-refractivity contribution in [2.45, 2.75) is 30.5 Å². The van der Waals surface area contributed by atoms with Crippen molar-refractivity contribution in [3.63, 3.8) is 0 Å². The van der Waals surface area contributed by atoms with Crippen LogP contribution < -0.4 is 21.4 Å². The van der Waals surface area contributed by atoms with Crippen LogP contribution in [-0.4, -0.2) is 44.1 Å². The number of hydrogen-bond donors (Lipinski definition) is 3. The first-order valence-corrected chi connectivity index (χ1v) is 9.29. The fourth-order valence-corrected chi connectivity index (χ4v) is 2.74. The Bertz CT molecular complexity index is 1030. The van der Waals surface area contributed by atoms with Crippen molar-refractivity contribution in [3.05, 3.63) is 54.7 Å². The maximum atomic E-state index is 12.1. The molecule has 13 heteroatoms. The predicted octanol–water partition coefficient (Wildman–Crippen LogP) is 0.786. The van der Waals surface area contributed by atoms with Crippen molar-refractivity contribution < 1.29 is 14.5 Å². The number of thioether (sulfide) groups is 1. The molecule has 12 nitrogen and oxygen atoms in total. The molecule has 0 bridgehead atoms. The van der Waals surface area contributed by atoms with E-state index in [1.807, 2.05) is 11.9 Å². The van der Waals surface area contributed by atoms with E-state index in [9.17, 15) is 24.5 Å². The number of H-pyrrole nitrogens is 2. The van der Waals surface area contributed by atoms with Crippen LogP contribution in [-0.2, 0) is 4.79 Å². The highest BCUT2D eigenvalue weighted by Crippen LogP contribution is 2.27. The molecule has 0 fully saturated rings. The van der Waals surface area contributed by atoms with E-state index < -0.39 is 27.3 Å². The normalized spacial score (nSPS) is 11.9. The highest BCUT2D eigenvalue weighted by atomic mass is 32.2. The van der Waals surface area contributed by atoms with Gasteiger partial charge in [0, 0.05) is 11.6 Å². The van der Waals surface area contributed by atoms with Gasteiger partial charge in [0.25, 0.3) is 11.5 Å². The Kier molecular flexibility index (Phi) is 7.65. The van der Waals surface area contributed by atoms with Crippen LogP contribution in [0.4, 0.5) is 5.69 Å². The number of aromatic nitrogens is 3. The first-order valence-electron chi connectivity index (χ1n) is 8.41. The third-order valence-corrected chi connectivity index (χ3v) is 4.44. The number of amides is 1. The summed E-state index contributed by atoms with van der Waals surface area (Å²) in [5.74, 6) is -0.377. The number of carbonyl (C=O) groups excluding carboxylic acids is 1. The lowest BCUT2D eigenvalue weighted by Gasteiger charge is -2.07. The van der Waals surface area contributed by atoms with E-state index in [4.69, 9.17) is 4.74 Å². The Labute approximate surface area is 167 Å². The molecule has 1 atom stereocenters. The molecular formula is C16H18N6O6S. The molecule has 2 aromatic rings. The van der Waals surface area contributed by atoms with Crippen LogP contribution >= 0.6 is 11.8 Å². The fraction of sp³-hybridized carbons (Fsp3) is 0.312. The van der Waals surface area contributed by atoms with Crippen LogP contribution in [0.5, 0.6) is 5.75 Å². The summed E-state index contributed by atoms with van der Waals surface area (Å²) in [6, 6.07) is 4.31. The molecule has 1 amide bonds. The Morgan fingerprint density at radius 1 is 1.48 bits per heavy atom. The maximum absolute atomic E-state index is 12.1. The minimum Gasteiger partial charge on any atom is -0.487 e. The molecular weight excluding hydrogens is 404 g/mol. The number of ether oxygens (including phenoxy) is 1. The third-order valence-electron chi connectivity index (χ3n) is 3.37. The van der Waals surface area contributed by atoms with Crippen LogP contribution in [0.15, 0.2) is 37.9 Å². The second kappa shape index (κ2) is 10.2. The molecule has 0 aliphatic carbocycles. The zero-order chi connectivity index (χ0) is 21.4. The second-order valence-electron chi connectivity index (χ2n) is 5.64. The highest BCUT2D eigenvalue weighted by molar-refractivity contribution is 8.00. The Balaban J connectivity index is 2.01. The lowest BCUT2D eigenvalue weighted by atomic mass is 10.2. The molecule has 0 saturated heterocycles. The molecule has 1 aromatic heterocycles. The lowest BCUT2D eigenvalue weighted by Crippen LogP contribution is -2.30. The molecule has 1 unspecified atom stereocenters. The van der Waals surface area contributed by atoms with Gasteiger partial charge in [0.1, 0.15) is 0 Å². The number of nitrogens with one attached hydrogen (secondary N) is 3. The minimum absolute atomic E-state index is 0.0745. The molecule has 154 valence electrons. The van der Waals surface area contributed by atoms with Gasteiger partial charge >= 0.3 is 11.4 Å². The van der Waals surface area contributed by atoms with Crippen LogP contribution in [0.3, 0.4) is 0 Å². The number of aromatic amines is 2. The molecule has 29 heavy (non-hydrogen) atoms. The van der Waals surface area contributed by atoms with E-state index in [0.717, 1.165) is 11.8 Å². The van der Waals surface area contributed by atoms with Crippen molar-refractivity contribution in [2.24, 2.45) is 5.10 Å². The van der Waals surface area contributed by atoms with Gasteiger partial charge in [0.15, 0.2) is 10.8 Å². The van der Waals surface area contributed by atoms with Gasteiger partial charge in [-0.05, 0) is 25.5 Å². The topological polar surface area (TPSA) is 172 Å². The molecule has 2 rings (SSSR count). The van der Waals surface area contributed by atoms with Crippen LogP contribution in [0.1, 0.15) is 25.8 Å². The zero-order valence-electron chi connectivity index (χ0n) is 15.5. The highest BCUT2D eigenvalue weighted by Gasteiger charge is 2.18. The number of carbonyl (C=O) groups is 1. The van der Waals surface area contributed by atoms with Gasteiger partial charge in [-0.2, -0.15) is 10.2 Å². The molecule has 1 heterocycles. The standard InChI is InChI=1S/C16H18N6O6S/c1-3-6-28-12-5-4-10(7-11(12)22(26)27)8-17-19-13(23)9(2)29-15-14(24)18-16(25)21-20-15/h4-5,7-9H,3,6H2,1-2H3,(H,19,23)(H2,18,21,24,25)/b17-8+. The van der Waals surface area contributed by atoms with Crippen molar-refractivity contribution in [3.8, 4) is 5.75 Å². The van der Waals surface area contributed by atoms with Crippen molar-refractivity contribution in [2.75, 3.05) is 6.61 Å². The first-order chi connectivity index (χ1) is 13.8. The minimum atomic E-state index is -0.749. The van der Waals surface area contributed by atoms with E-state index in [1.54, 1.807) is 6.07 Å². The lowest BCUT2D eigenvalue weighted by molar-refractivity contribution is -0.385. The molecule has 0 saturated carbocycles. The van der Waals surface area contributed by atoms with Gasteiger partial charge in [0.2, 0.25) is 0 Å². The van der Waals surface area contributed by atoms with Gasteiger partial charge in [-0.15, -0.1) is 0 Å². The first kappa shape index (κ1) is 21.8. The summed E-state index contributed by atoms with van der Waals surface area (Å²) in [6.45, 7) is 3.76. The second-order valence-corrected chi connectivity index (χ2v) is 6.97. The number of hydrogen-bond acceptors (Lipinski definition) is 9. The van der Waals surface area contributed by atoms with E-state index in [-0.39, 0.29) is 16.5 Å². The van der Waals surface area contributed by atoms with Crippen LogP contribution in [0, 0.1) is 10.1 Å². The van der Waals surface area contributed by atoms with Gasteiger partial charge in [-0.25, -0.2) is 15.3 Å². The monoisotopic (exact) mass is 422 g/mol. The number of nitrogens with zero attached hydrogens (tertiary/aromatic N) is 3. The number of benzene rings is 1. The fourth-order valence-electron chi connectivity index (χ4n) is 1.99. The largest absolute Gasteiger partial charge is 0.487 e. The Morgan fingerprint density at radius 2 is 2.24 bits per heavy atom. The van der Waals surface area contributed by atoms with Crippen molar-refractivity contribution in [1.29, 1.82) is 0 Å². The number of hydrazone groups is 1. The third kappa shape index (κ3) is 6.27. The summed E-state index contributed by atoms with van der Waals surface area (Å²) < 4.78 is 5.34. The summed E-state index contributed by atoms with van der Waals surface area (Å²) >= 11 is 0.832. The van der Waals surface area contributed by atoms with Crippen molar-refractivity contribution in [1.82, 2.24) is 20.6 Å². The summed E-state index contributed by atoms with van der Waals surface area (Å²) in [5, 5.41) is 19.8. The smallest absolute Gasteiger partial charge is 0.342 e. The Morgan fingerprint density at radius 3 is 2.90 bits per heavy atom. The molecule has 0 aliphatic rings. The zero-order valence-corrected chi connectivity index (χ0v) is 16.3. The molecule has 1 aromatic carbocycles. The van der Waals surface area contributed by atoms with Crippen LogP contribution in [0.2, 0.25) is 0 Å². The molecule has 0 spiro atoms. The molecule has 0 aliphatic heterocycles. The van der Waals surface area contributed by atoms with E-state index in [2.05, 4.69) is 20.7 Å². The van der Waals surface area contributed by atoms with E-state index in [0.29, 0.717) is 18.6 Å². The van der Waals surface area contributed by atoms with Gasteiger partial charge in [0.05, 0.1) is 23.0 Å². The summed E-state index contributed by atoms with van der Waals surface area (Å²) in [4.78, 5) is 47.2. The average Bonchev–Trinajstić information content (AvgIpc) is 2.68. The number of nitro groups is 1. The van der Waals surface area contributed by atoms with E-state index >= 15 is 0 Å². The molecule has 3 N–H and O–H groups in total. The van der Waals surface area contributed by atoms with Crippen molar-refractivity contribution >= 4 is 29.6 Å². The summed E-state index contributed by atoms with van der Waals surface area (Å²) in [6.07, 6.45) is 1.96. The van der Waals surface area contributed by atoms with Gasteiger partial charge < -0.3 is 4.74 Å². The Hall–Kier alpha value is -3.48. The SMILES string of the molecule is CCCOc1ccc(/C=N/NC(=O)C(C)Sc2n[nH]c(=O)[nH]c2=O)cc1[N+](=O)[O-]. The van der Waals surface area contributed by atoms with E-state index in [1.165, 1.54) is 25.3 Å². The number of rotatable bonds is 9. The quantitative estimate of drug-likeness (QED) is 0.230.